The summed E-state index contributed by atoms with van der Waals surface area (Å²) in [6, 6.07) is 8.79. The number of hydrogen-bond donors (Lipinski definition) is 2. The predicted molar refractivity (Wildman–Crippen MR) is 139 cm³/mol. The Bertz CT molecular complexity index is 1190. The van der Waals surface area contributed by atoms with Gasteiger partial charge < -0.3 is 10.1 Å². The highest BCUT2D eigenvalue weighted by Crippen LogP contribution is 2.57. The lowest BCUT2D eigenvalue weighted by molar-refractivity contribution is -0.157. The van der Waals surface area contributed by atoms with E-state index in [-0.39, 0.29) is 21.4 Å². The molecule has 1 spiro atoms. The van der Waals surface area contributed by atoms with Crippen molar-refractivity contribution < 1.29 is 18.7 Å². The molecule has 1 fully saturated rings. The van der Waals surface area contributed by atoms with Gasteiger partial charge in [-0.1, -0.05) is 50.6 Å². The van der Waals surface area contributed by atoms with Crippen LogP contribution in [0.1, 0.15) is 65.0 Å². The van der Waals surface area contributed by atoms with Crippen LogP contribution in [0.2, 0.25) is 5.02 Å². The largest absolute Gasteiger partial charge is 0.459 e. The molecule has 4 rings (SSSR count). The Labute approximate surface area is 219 Å². The Morgan fingerprint density at radius 3 is 2.49 bits per heavy atom. The van der Waals surface area contributed by atoms with Crippen LogP contribution in [0.25, 0.3) is 0 Å². The number of anilines is 1. The average Bonchev–Trinajstić information content (AvgIpc) is 3.17. The standard InChI is InChI=1S/C27H31BrClFN2O3/c1-25(2,3)13-19-27(16-11-10-14(29)12-18(16)31-24(27)34)20(15-8-7-9-17(28)21(15)30)22(32-19)23(33)35-26(4,5)6/h7-12,19-20,22,32H,13H2,1-6H3,(H,31,34). The van der Waals surface area contributed by atoms with E-state index >= 15 is 4.39 Å². The van der Waals surface area contributed by atoms with Crippen LogP contribution >= 0.6 is 27.5 Å². The van der Waals surface area contributed by atoms with Gasteiger partial charge in [-0.2, -0.15) is 0 Å². The van der Waals surface area contributed by atoms with Crippen molar-refractivity contribution in [3.8, 4) is 0 Å². The van der Waals surface area contributed by atoms with Crippen molar-refractivity contribution in [2.45, 2.75) is 77.0 Å². The second-order valence-corrected chi connectivity index (χ2v) is 12.9. The van der Waals surface area contributed by atoms with E-state index in [2.05, 4.69) is 47.3 Å². The predicted octanol–water partition coefficient (Wildman–Crippen LogP) is 6.33. The molecule has 0 aliphatic carbocycles. The lowest BCUT2D eigenvalue weighted by atomic mass is 9.62. The zero-order chi connectivity index (χ0) is 25.9. The molecule has 4 unspecified atom stereocenters. The van der Waals surface area contributed by atoms with Gasteiger partial charge in [0.15, 0.2) is 0 Å². The van der Waals surface area contributed by atoms with Crippen molar-refractivity contribution in [2.24, 2.45) is 5.41 Å². The van der Waals surface area contributed by atoms with Gasteiger partial charge in [0.1, 0.15) is 22.9 Å². The molecule has 5 nitrogen and oxygen atoms in total. The first kappa shape index (κ1) is 26.1. The number of hydrogen-bond acceptors (Lipinski definition) is 4. The lowest BCUT2D eigenvalue weighted by Gasteiger charge is -2.37. The van der Waals surface area contributed by atoms with Crippen LogP contribution in [-0.2, 0) is 19.7 Å². The minimum absolute atomic E-state index is 0.191. The van der Waals surface area contributed by atoms with Crippen LogP contribution < -0.4 is 10.6 Å². The normalized spacial score (nSPS) is 26.1. The maximum Gasteiger partial charge on any atom is 0.324 e. The van der Waals surface area contributed by atoms with Crippen molar-refractivity contribution in [1.29, 1.82) is 0 Å². The highest BCUT2D eigenvalue weighted by Gasteiger charge is 2.66. The lowest BCUT2D eigenvalue weighted by Crippen LogP contribution is -2.49. The number of nitrogens with one attached hydrogen (secondary N) is 2. The fraction of sp³-hybridized carbons (Fsp3) is 0.481. The second kappa shape index (κ2) is 8.86. The molecule has 0 bridgehead atoms. The zero-order valence-electron chi connectivity index (χ0n) is 20.8. The summed E-state index contributed by atoms with van der Waals surface area (Å²) in [6.45, 7) is 11.6. The van der Waals surface area contributed by atoms with Gasteiger partial charge >= 0.3 is 5.97 Å². The molecule has 8 heteroatoms. The minimum Gasteiger partial charge on any atom is -0.459 e. The third-order valence-electron chi connectivity index (χ3n) is 6.60. The number of esters is 1. The smallest absolute Gasteiger partial charge is 0.324 e. The first-order chi connectivity index (χ1) is 16.1. The number of rotatable bonds is 3. The number of carbonyl (C=O) groups is 2. The van der Waals surface area contributed by atoms with E-state index in [1.54, 1.807) is 51.1 Å². The SMILES string of the molecule is CC(C)(C)CC1NC(C(=O)OC(C)(C)C)C(c2cccc(Br)c2F)C12C(=O)Nc1cc(Cl)ccc12. The Morgan fingerprint density at radius 2 is 1.86 bits per heavy atom. The van der Waals surface area contributed by atoms with E-state index in [1.807, 2.05) is 6.07 Å². The van der Waals surface area contributed by atoms with Crippen molar-refractivity contribution in [3.63, 3.8) is 0 Å². The van der Waals surface area contributed by atoms with Crippen LogP contribution in [0, 0.1) is 11.2 Å². The monoisotopic (exact) mass is 564 g/mol. The quantitative estimate of drug-likeness (QED) is 0.427. The third kappa shape index (κ3) is 4.63. The highest BCUT2D eigenvalue weighted by atomic mass is 79.9. The van der Waals surface area contributed by atoms with E-state index in [9.17, 15) is 9.59 Å². The molecule has 1 amide bonds. The van der Waals surface area contributed by atoms with Crippen LogP contribution in [0.3, 0.4) is 0 Å². The Balaban J connectivity index is 2.01. The van der Waals surface area contributed by atoms with Gasteiger partial charge in [0, 0.05) is 22.7 Å². The topological polar surface area (TPSA) is 67.4 Å². The van der Waals surface area contributed by atoms with Gasteiger partial charge in [-0.3, -0.25) is 14.9 Å². The Kier molecular flexibility index (Phi) is 6.61. The zero-order valence-corrected chi connectivity index (χ0v) is 23.1. The molecule has 2 N–H and O–H groups in total. The molecule has 2 aliphatic rings. The van der Waals surface area contributed by atoms with Gasteiger partial charge in [-0.25, -0.2) is 4.39 Å². The number of ether oxygens (including phenoxy) is 1. The van der Waals surface area contributed by atoms with Crippen molar-refractivity contribution in [2.75, 3.05) is 5.32 Å². The molecule has 1 saturated heterocycles. The van der Waals surface area contributed by atoms with Crippen molar-refractivity contribution in [3.05, 3.63) is 62.8 Å². The summed E-state index contributed by atoms with van der Waals surface area (Å²) in [6.07, 6.45) is 0.563. The molecule has 0 aromatic heterocycles. The average molecular weight is 566 g/mol. The number of fused-ring (bicyclic) bond motifs is 2. The van der Waals surface area contributed by atoms with Gasteiger partial charge in [0.25, 0.3) is 0 Å². The molecule has 2 aliphatic heterocycles. The van der Waals surface area contributed by atoms with Crippen molar-refractivity contribution >= 4 is 45.1 Å². The highest BCUT2D eigenvalue weighted by molar-refractivity contribution is 9.10. The number of benzene rings is 2. The maximum atomic E-state index is 15.7. The molecule has 2 heterocycles. The third-order valence-corrected chi connectivity index (χ3v) is 7.45. The molecular formula is C27H31BrClFN2O3. The first-order valence-corrected chi connectivity index (χ1v) is 12.9. The summed E-state index contributed by atoms with van der Waals surface area (Å²) in [4.78, 5) is 27.6. The molecule has 188 valence electrons. The van der Waals surface area contributed by atoms with E-state index in [0.717, 1.165) is 0 Å². The molecule has 2 aromatic rings. The summed E-state index contributed by atoms with van der Waals surface area (Å²) in [5.41, 5.74) is -0.646. The maximum absolute atomic E-state index is 15.7. The first-order valence-electron chi connectivity index (χ1n) is 11.7. The fourth-order valence-corrected chi connectivity index (χ4v) is 6.05. The summed E-state index contributed by atoms with van der Waals surface area (Å²) in [7, 11) is 0. The van der Waals surface area contributed by atoms with Gasteiger partial charge in [0.05, 0.1) is 4.47 Å². The van der Waals surface area contributed by atoms with Crippen LogP contribution in [0.15, 0.2) is 40.9 Å². The minimum atomic E-state index is -1.25. The molecule has 2 aromatic carbocycles. The second-order valence-electron chi connectivity index (χ2n) is 11.6. The molecule has 0 radical (unpaired) electrons. The molecule has 35 heavy (non-hydrogen) atoms. The van der Waals surface area contributed by atoms with E-state index in [4.69, 9.17) is 16.3 Å². The van der Waals surface area contributed by atoms with Gasteiger partial charge in [-0.05, 0) is 77.9 Å². The number of carbonyl (C=O) groups excluding carboxylic acids is 2. The molecule has 4 atom stereocenters. The summed E-state index contributed by atoms with van der Waals surface area (Å²) < 4.78 is 21.8. The summed E-state index contributed by atoms with van der Waals surface area (Å²) >= 11 is 9.54. The van der Waals surface area contributed by atoms with Gasteiger partial charge in [-0.15, -0.1) is 0 Å². The van der Waals surface area contributed by atoms with Crippen LogP contribution in [0.4, 0.5) is 10.1 Å². The Morgan fingerprint density at radius 1 is 1.17 bits per heavy atom. The van der Waals surface area contributed by atoms with Crippen molar-refractivity contribution in [1.82, 2.24) is 5.32 Å². The summed E-state index contributed by atoms with van der Waals surface area (Å²) in [5.74, 6) is -2.16. The molecular weight excluding hydrogens is 535 g/mol. The fourth-order valence-electron chi connectivity index (χ4n) is 5.49. The number of halogens is 3. The van der Waals surface area contributed by atoms with E-state index in [0.29, 0.717) is 22.7 Å². The van der Waals surface area contributed by atoms with Crippen LogP contribution in [0.5, 0.6) is 0 Å². The van der Waals surface area contributed by atoms with Crippen LogP contribution in [-0.4, -0.2) is 29.6 Å². The molecule has 0 saturated carbocycles. The van der Waals surface area contributed by atoms with Gasteiger partial charge in [0.2, 0.25) is 5.91 Å². The van der Waals surface area contributed by atoms with E-state index < -0.39 is 40.8 Å². The number of amides is 1. The van der Waals surface area contributed by atoms with E-state index in [1.165, 1.54) is 0 Å². The Hall–Kier alpha value is -1.96. The summed E-state index contributed by atoms with van der Waals surface area (Å²) in [5, 5.41) is 6.89.